The predicted octanol–water partition coefficient (Wildman–Crippen LogP) is 3.03. The Morgan fingerprint density at radius 1 is 1.18 bits per heavy atom. The first-order chi connectivity index (χ1) is 10.2. The van der Waals surface area contributed by atoms with E-state index in [9.17, 15) is 13.6 Å². The molecule has 0 saturated carbocycles. The van der Waals surface area contributed by atoms with E-state index >= 15 is 0 Å². The number of carbonyl (C=O) groups is 1. The zero-order chi connectivity index (χ0) is 16.3. The van der Waals surface area contributed by atoms with Gasteiger partial charge in [0.25, 0.3) is 5.91 Å². The van der Waals surface area contributed by atoms with Gasteiger partial charge in [-0.25, -0.2) is 18.7 Å². The third-order valence-corrected chi connectivity index (χ3v) is 2.55. The van der Waals surface area contributed by atoms with Crippen LogP contribution in [0.4, 0.5) is 20.4 Å². The summed E-state index contributed by atoms with van der Waals surface area (Å²) in [6.45, 7) is 5.54. The van der Waals surface area contributed by atoms with Gasteiger partial charge in [0.1, 0.15) is 17.3 Å². The highest BCUT2D eigenvalue weighted by molar-refractivity contribution is 5.92. The van der Waals surface area contributed by atoms with E-state index in [0.717, 1.165) is 12.1 Å². The number of nitrogens with zero attached hydrogens (tertiary/aromatic N) is 2. The second-order valence-corrected chi connectivity index (χ2v) is 5.72. The second-order valence-electron chi connectivity index (χ2n) is 5.72. The van der Waals surface area contributed by atoms with Crippen LogP contribution in [0, 0.1) is 11.6 Å². The summed E-state index contributed by atoms with van der Waals surface area (Å²) in [6.07, 6.45) is 1.38. The second kappa shape index (κ2) is 6.05. The van der Waals surface area contributed by atoms with E-state index in [0.29, 0.717) is 0 Å². The Morgan fingerprint density at radius 2 is 1.91 bits per heavy atom. The van der Waals surface area contributed by atoms with E-state index in [1.165, 1.54) is 18.3 Å². The van der Waals surface area contributed by atoms with Crippen LogP contribution >= 0.6 is 0 Å². The summed E-state index contributed by atoms with van der Waals surface area (Å²) < 4.78 is 26.4. The predicted molar refractivity (Wildman–Crippen MR) is 78.9 cm³/mol. The molecule has 116 valence electrons. The van der Waals surface area contributed by atoms with Gasteiger partial charge in [-0.05, 0) is 39.0 Å². The molecule has 2 aromatic rings. The topological polar surface area (TPSA) is 66.9 Å². The molecular weight excluding hydrogens is 290 g/mol. The van der Waals surface area contributed by atoms with E-state index in [1.807, 2.05) is 20.8 Å². The molecule has 0 aliphatic carbocycles. The van der Waals surface area contributed by atoms with Crippen LogP contribution in [-0.2, 0) is 0 Å². The van der Waals surface area contributed by atoms with Gasteiger partial charge >= 0.3 is 0 Å². The van der Waals surface area contributed by atoms with Gasteiger partial charge in [0.15, 0.2) is 0 Å². The average molecular weight is 306 g/mol. The van der Waals surface area contributed by atoms with Crippen molar-refractivity contribution in [3.05, 3.63) is 47.8 Å². The lowest BCUT2D eigenvalue weighted by Gasteiger charge is -2.20. The van der Waals surface area contributed by atoms with Crippen molar-refractivity contribution in [3.63, 3.8) is 0 Å². The number of halogens is 2. The van der Waals surface area contributed by atoms with Crippen LogP contribution < -0.4 is 10.6 Å². The van der Waals surface area contributed by atoms with Crippen molar-refractivity contribution < 1.29 is 13.6 Å². The smallest absolute Gasteiger partial charge is 0.270 e. The summed E-state index contributed by atoms with van der Waals surface area (Å²) >= 11 is 0. The number of amides is 1. The molecule has 0 radical (unpaired) electrons. The molecule has 0 aliphatic heterocycles. The lowest BCUT2D eigenvalue weighted by atomic mass is 10.1. The van der Waals surface area contributed by atoms with E-state index in [2.05, 4.69) is 20.6 Å². The highest BCUT2D eigenvalue weighted by Gasteiger charge is 2.17. The summed E-state index contributed by atoms with van der Waals surface area (Å²) in [7, 11) is 0. The van der Waals surface area contributed by atoms with Crippen LogP contribution in [0.2, 0.25) is 0 Å². The van der Waals surface area contributed by atoms with E-state index in [1.54, 1.807) is 0 Å². The van der Waals surface area contributed by atoms with Crippen molar-refractivity contribution in [3.8, 4) is 0 Å². The fourth-order valence-corrected chi connectivity index (χ4v) is 1.66. The van der Waals surface area contributed by atoms with Crippen LogP contribution in [0.3, 0.4) is 0 Å². The van der Waals surface area contributed by atoms with Crippen LogP contribution in [-0.4, -0.2) is 21.4 Å². The molecule has 1 amide bonds. The van der Waals surface area contributed by atoms with Crippen molar-refractivity contribution in [2.75, 3.05) is 5.32 Å². The summed E-state index contributed by atoms with van der Waals surface area (Å²) in [6, 6.07) is 4.54. The molecule has 0 atom stereocenters. The summed E-state index contributed by atoms with van der Waals surface area (Å²) in [5, 5.41) is 5.38. The number of anilines is 2. The monoisotopic (exact) mass is 306 g/mol. The fraction of sp³-hybridized carbons (Fsp3) is 0.267. The summed E-state index contributed by atoms with van der Waals surface area (Å²) in [5.41, 5.74) is -0.233. The SMILES string of the molecule is CC(C)(C)NC(=O)c1ccnc(Nc2ccc(F)cc2F)n1. The van der Waals surface area contributed by atoms with Crippen molar-refractivity contribution in [2.24, 2.45) is 0 Å². The molecule has 0 bridgehead atoms. The van der Waals surface area contributed by atoms with Crippen LogP contribution in [0.25, 0.3) is 0 Å². The fourth-order valence-electron chi connectivity index (χ4n) is 1.66. The number of nitrogens with one attached hydrogen (secondary N) is 2. The molecule has 0 aliphatic rings. The Bertz CT molecular complexity index is 698. The maximum atomic E-state index is 13.6. The van der Waals surface area contributed by atoms with Gasteiger partial charge < -0.3 is 10.6 Å². The molecule has 1 aromatic carbocycles. The first kappa shape index (κ1) is 15.8. The molecular formula is C15H16F2N4O. The molecule has 7 heteroatoms. The zero-order valence-electron chi connectivity index (χ0n) is 12.4. The first-order valence-corrected chi connectivity index (χ1v) is 6.62. The zero-order valence-corrected chi connectivity index (χ0v) is 12.4. The molecule has 22 heavy (non-hydrogen) atoms. The van der Waals surface area contributed by atoms with Gasteiger partial charge in [0.2, 0.25) is 5.95 Å². The standard InChI is InChI=1S/C15H16F2N4O/c1-15(2,3)21-13(22)12-6-7-18-14(20-12)19-11-5-4-9(16)8-10(11)17/h4-8H,1-3H3,(H,21,22)(H,18,19,20). The third-order valence-electron chi connectivity index (χ3n) is 2.55. The van der Waals surface area contributed by atoms with Gasteiger partial charge in [-0.15, -0.1) is 0 Å². The number of aromatic nitrogens is 2. The minimum atomic E-state index is -0.770. The summed E-state index contributed by atoms with van der Waals surface area (Å²) in [4.78, 5) is 20.0. The number of hydrogen-bond acceptors (Lipinski definition) is 4. The Morgan fingerprint density at radius 3 is 2.55 bits per heavy atom. The third kappa shape index (κ3) is 4.21. The molecule has 0 unspecified atom stereocenters. The molecule has 0 saturated heterocycles. The highest BCUT2D eigenvalue weighted by Crippen LogP contribution is 2.18. The quantitative estimate of drug-likeness (QED) is 0.914. The van der Waals surface area contributed by atoms with Gasteiger partial charge in [0, 0.05) is 17.8 Å². The Balaban J connectivity index is 2.20. The number of carbonyl (C=O) groups excluding carboxylic acids is 1. The van der Waals surface area contributed by atoms with Crippen LogP contribution in [0.5, 0.6) is 0 Å². The lowest BCUT2D eigenvalue weighted by molar-refractivity contribution is 0.0914. The molecule has 1 aromatic heterocycles. The van der Waals surface area contributed by atoms with E-state index in [4.69, 9.17) is 0 Å². The Hall–Kier alpha value is -2.57. The largest absolute Gasteiger partial charge is 0.346 e. The maximum absolute atomic E-state index is 13.6. The van der Waals surface area contributed by atoms with E-state index in [-0.39, 0.29) is 23.2 Å². The van der Waals surface area contributed by atoms with Gasteiger partial charge in [0.05, 0.1) is 5.69 Å². The van der Waals surface area contributed by atoms with E-state index < -0.39 is 17.2 Å². The van der Waals surface area contributed by atoms with Crippen molar-refractivity contribution in [1.82, 2.24) is 15.3 Å². The van der Waals surface area contributed by atoms with Crippen LogP contribution in [0.1, 0.15) is 31.3 Å². The first-order valence-electron chi connectivity index (χ1n) is 6.62. The molecule has 2 rings (SSSR count). The molecule has 0 spiro atoms. The van der Waals surface area contributed by atoms with Gasteiger partial charge in [-0.2, -0.15) is 0 Å². The molecule has 0 fully saturated rings. The number of hydrogen-bond donors (Lipinski definition) is 2. The maximum Gasteiger partial charge on any atom is 0.270 e. The minimum absolute atomic E-state index is 0.0229. The van der Waals surface area contributed by atoms with Crippen LogP contribution in [0.15, 0.2) is 30.5 Å². The number of rotatable bonds is 3. The molecule has 2 N–H and O–H groups in total. The van der Waals surface area contributed by atoms with Gasteiger partial charge in [-0.3, -0.25) is 4.79 Å². The Labute approximate surface area is 126 Å². The average Bonchev–Trinajstić information content (AvgIpc) is 2.40. The van der Waals surface area contributed by atoms with Crippen molar-refractivity contribution in [1.29, 1.82) is 0 Å². The molecule has 1 heterocycles. The lowest BCUT2D eigenvalue weighted by Crippen LogP contribution is -2.41. The summed E-state index contributed by atoms with van der Waals surface area (Å²) in [5.74, 6) is -1.76. The Kier molecular flexibility index (Phi) is 4.35. The highest BCUT2D eigenvalue weighted by atomic mass is 19.1. The minimum Gasteiger partial charge on any atom is -0.346 e. The normalized spacial score (nSPS) is 11.1. The number of benzene rings is 1. The molecule has 5 nitrogen and oxygen atoms in total. The van der Waals surface area contributed by atoms with Crippen molar-refractivity contribution in [2.45, 2.75) is 26.3 Å². The van der Waals surface area contributed by atoms with Gasteiger partial charge in [-0.1, -0.05) is 0 Å². The van der Waals surface area contributed by atoms with Crippen molar-refractivity contribution >= 4 is 17.5 Å².